The summed E-state index contributed by atoms with van der Waals surface area (Å²) in [5.74, 6) is 1.15. The molecule has 8 heteroatoms. The van der Waals surface area contributed by atoms with E-state index in [0.717, 1.165) is 4.47 Å². The van der Waals surface area contributed by atoms with Gasteiger partial charge in [0.25, 0.3) is 0 Å². The van der Waals surface area contributed by atoms with E-state index in [2.05, 4.69) is 46.9 Å². The molecule has 0 saturated carbocycles. The van der Waals surface area contributed by atoms with Crippen LogP contribution in [0.4, 0.5) is 11.5 Å². The van der Waals surface area contributed by atoms with Crippen molar-refractivity contribution in [2.75, 3.05) is 11.1 Å². The lowest BCUT2D eigenvalue weighted by molar-refractivity contribution is 0.881. The maximum Gasteiger partial charge on any atom is 0.193 e. The molecule has 78 valence electrons. The zero-order chi connectivity index (χ0) is 10.7. The summed E-state index contributed by atoms with van der Waals surface area (Å²) < 4.78 is 0.838. The van der Waals surface area contributed by atoms with Gasteiger partial charge in [-0.05, 0) is 22.0 Å². The van der Waals surface area contributed by atoms with E-state index in [-0.39, 0.29) is 0 Å². The van der Waals surface area contributed by atoms with Crippen LogP contribution in [-0.2, 0) is 6.54 Å². The summed E-state index contributed by atoms with van der Waals surface area (Å²) in [5, 5.41) is 16.4. The molecular formula is C7H8BrN7. The van der Waals surface area contributed by atoms with Crippen LogP contribution in [0.1, 0.15) is 5.82 Å². The largest absolute Gasteiger partial charge is 0.396 e. The molecule has 15 heavy (non-hydrogen) atoms. The summed E-state index contributed by atoms with van der Waals surface area (Å²) in [5.41, 5.74) is 6.30. The van der Waals surface area contributed by atoms with Crippen molar-refractivity contribution in [3.63, 3.8) is 0 Å². The summed E-state index contributed by atoms with van der Waals surface area (Å²) in [7, 11) is 0. The first-order chi connectivity index (χ1) is 7.25. The van der Waals surface area contributed by atoms with Crippen molar-refractivity contribution in [3.8, 4) is 0 Å². The van der Waals surface area contributed by atoms with Gasteiger partial charge in [0, 0.05) is 10.7 Å². The Kier molecular flexibility index (Phi) is 2.77. The number of nitrogen functional groups attached to an aromatic ring is 1. The van der Waals surface area contributed by atoms with Gasteiger partial charge >= 0.3 is 0 Å². The van der Waals surface area contributed by atoms with Crippen LogP contribution in [0, 0.1) is 0 Å². The van der Waals surface area contributed by atoms with Crippen LogP contribution in [-0.4, -0.2) is 25.6 Å². The SMILES string of the molecule is Nc1cc(Br)cnc1NCc1nn[nH]n1. The predicted molar refractivity (Wildman–Crippen MR) is 57.9 cm³/mol. The first-order valence-electron chi connectivity index (χ1n) is 4.13. The first kappa shape index (κ1) is 9.84. The van der Waals surface area contributed by atoms with Gasteiger partial charge in [-0.15, -0.1) is 10.2 Å². The molecule has 0 amide bonds. The highest BCUT2D eigenvalue weighted by Gasteiger charge is 2.02. The molecule has 0 saturated heterocycles. The molecule has 0 spiro atoms. The van der Waals surface area contributed by atoms with Crippen molar-refractivity contribution in [3.05, 3.63) is 22.6 Å². The second kappa shape index (κ2) is 4.22. The third kappa shape index (κ3) is 2.40. The van der Waals surface area contributed by atoms with Crippen LogP contribution in [0.3, 0.4) is 0 Å². The fraction of sp³-hybridized carbons (Fsp3) is 0.143. The van der Waals surface area contributed by atoms with Crippen LogP contribution in [0.25, 0.3) is 0 Å². The number of aromatic nitrogens is 5. The summed E-state index contributed by atoms with van der Waals surface area (Å²) in [6, 6.07) is 1.77. The molecule has 0 aliphatic rings. The number of tetrazole rings is 1. The lowest BCUT2D eigenvalue weighted by Gasteiger charge is -2.05. The van der Waals surface area contributed by atoms with E-state index in [1.807, 2.05) is 0 Å². The molecule has 0 bridgehead atoms. The van der Waals surface area contributed by atoms with Gasteiger partial charge in [-0.3, -0.25) is 0 Å². The smallest absolute Gasteiger partial charge is 0.193 e. The van der Waals surface area contributed by atoms with E-state index in [9.17, 15) is 0 Å². The van der Waals surface area contributed by atoms with E-state index in [1.165, 1.54) is 0 Å². The number of aromatic amines is 1. The fourth-order valence-electron chi connectivity index (χ4n) is 1.02. The molecule has 2 heterocycles. The van der Waals surface area contributed by atoms with E-state index in [0.29, 0.717) is 23.9 Å². The van der Waals surface area contributed by atoms with Crippen LogP contribution in [0.15, 0.2) is 16.7 Å². The predicted octanol–water partition coefficient (Wildman–Crippen LogP) is 0.552. The Morgan fingerprint density at radius 3 is 3.07 bits per heavy atom. The Bertz CT molecular complexity index is 441. The average Bonchev–Trinajstić information content (AvgIpc) is 2.69. The number of hydrogen-bond acceptors (Lipinski definition) is 6. The molecule has 0 radical (unpaired) electrons. The highest BCUT2D eigenvalue weighted by atomic mass is 79.9. The quantitative estimate of drug-likeness (QED) is 0.752. The van der Waals surface area contributed by atoms with Crippen molar-refractivity contribution in [2.45, 2.75) is 6.54 Å². The molecule has 4 N–H and O–H groups in total. The molecule has 7 nitrogen and oxygen atoms in total. The van der Waals surface area contributed by atoms with Gasteiger partial charge in [-0.2, -0.15) is 5.21 Å². The highest BCUT2D eigenvalue weighted by Crippen LogP contribution is 2.19. The van der Waals surface area contributed by atoms with Gasteiger partial charge < -0.3 is 11.1 Å². The minimum Gasteiger partial charge on any atom is -0.396 e. The van der Waals surface area contributed by atoms with Gasteiger partial charge in [-0.25, -0.2) is 4.98 Å². The number of rotatable bonds is 3. The lowest BCUT2D eigenvalue weighted by atomic mass is 10.4. The number of hydrogen-bond donors (Lipinski definition) is 3. The zero-order valence-electron chi connectivity index (χ0n) is 7.61. The Balaban J connectivity index is 2.05. The standard InChI is InChI=1S/C7H8BrN7/c8-4-1-5(9)7(10-2-4)11-3-6-12-14-15-13-6/h1-2H,3,9H2,(H,10,11)(H,12,13,14,15). The number of nitrogens with two attached hydrogens (primary N) is 1. The van der Waals surface area contributed by atoms with Crippen molar-refractivity contribution in [1.82, 2.24) is 25.6 Å². The van der Waals surface area contributed by atoms with Crippen LogP contribution >= 0.6 is 15.9 Å². The molecule has 0 fully saturated rings. The second-order valence-electron chi connectivity index (χ2n) is 2.77. The number of H-pyrrole nitrogens is 1. The lowest BCUT2D eigenvalue weighted by Crippen LogP contribution is -2.05. The van der Waals surface area contributed by atoms with Crippen molar-refractivity contribution < 1.29 is 0 Å². The van der Waals surface area contributed by atoms with Crippen LogP contribution < -0.4 is 11.1 Å². The molecule has 0 aromatic carbocycles. The topological polar surface area (TPSA) is 105 Å². The van der Waals surface area contributed by atoms with E-state index < -0.39 is 0 Å². The van der Waals surface area contributed by atoms with Gasteiger partial charge in [0.05, 0.1) is 12.2 Å². The molecule has 0 aliphatic carbocycles. The van der Waals surface area contributed by atoms with Crippen molar-refractivity contribution in [1.29, 1.82) is 0 Å². The van der Waals surface area contributed by atoms with E-state index in [1.54, 1.807) is 12.3 Å². The Morgan fingerprint density at radius 1 is 1.53 bits per heavy atom. The Hall–Kier alpha value is -1.70. The summed E-state index contributed by atoms with van der Waals surface area (Å²) in [6.45, 7) is 0.426. The number of pyridine rings is 1. The van der Waals surface area contributed by atoms with Crippen LogP contribution in [0.5, 0.6) is 0 Å². The van der Waals surface area contributed by atoms with Crippen LogP contribution in [0.2, 0.25) is 0 Å². The monoisotopic (exact) mass is 269 g/mol. The molecule has 0 aliphatic heterocycles. The van der Waals surface area contributed by atoms with E-state index >= 15 is 0 Å². The summed E-state index contributed by atoms with van der Waals surface area (Å²) in [4.78, 5) is 4.11. The number of halogens is 1. The third-order valence-electron chi connectivity index (χ3n) is 1.69. The normalized spacial score (nSPS) is 10.2. The molecule has 2 aromatic rings. The maximum atomic E-state index is 5.74. The number of nitrogens with one attached hydrogen (secondary N) is 2. The van der Waals surface area contributed by atoms with Crippen molar-refractivity contribution in [2.24, 2.45) is 0 Å². The minimum absolute atomic E-state index is 0.426. The fourth-order valence-corrected chi connectivity index (χ4v) is 1.37. The van der Waals surface area contributed by atoms with Gasteiger partial charge in [0.15, 0.2) is 5.82 Å². The first-order valence-corrected chi connectivity index (χ1v) is 4.92. The molecular weight excluding hydrogens is 262 g/mol. The number of anilines is 2. The molecule has 2 aromatic heterocycles. The third-order valence-corrected chi connectivity index (χ3v) is 2.12. The zero-order valence-corrected chi connectivity index (χ0v) is 9.19. The van der Waals surface area contributed by atoms with E-state index in [4.69, 9.17) is 5.73 Å². The van der Waals surface area contributed by atoms with Crippen molar-refractivity contribution >= 4 is 27.4 Å². The number of nitrogens with zero attached hydrogens (tertiary/aromatic N) is 4. The summed E-state index contributed by atoms with van der Waals surface area (Å²) >= 11 is 3.28. The maximum absolute atomic E-state index is 5.74. The molecule has 0 atom stereocenters. The second-order valence-corrected chi connectivity index (χ2v) is 3.69. The van der Waals surface area contributed by atoms with Gasteiger partial charge in [0.2, 0.25) is 0 Å². The summed E-state index contributed by atoms with van der Waals surface area (Å²) in [6.07, 6.45) is 1.66. The highest BCUT2D eigenvalue weighted by molar-refractivity contribution is 9.10. The molecule has 2 rings (SSSR count). The van der Waals surface area contributed by atoms with Gasteiger partial charge in [0.1, 0.15) is 5.82 Å². The average molecular weight is 270 g/mol. The Labute approximate surface area is 93.6 Å². The Morgan fingerprint density at radius 2 is 2.40 bits per heavy atom. The molecule has 0 unspecified atom stereocenters. The minimum atomic E-state index is 0.426. The van der Waals surface area contributed by atoms with Gasteiger partial charge in [-0.1, -0.05) is 5.21 Å².